The minimum atomic E-state index is -0.517. The van der Waals surface area contributed by atoms with Crippen molar-refractivity contribution in [2.24, 2.45) is 0 Å². The Balaban J connectivity index is 2.87. The lowest BCUT2D eigenvalue weighted by atomic mass is 10.0. The maximum absolute atomic E-state index is 11.7. The lowest BCUT2D eigenvalue weighted by Crippen LogP contribution is -2.04. The van der Waals surface area contributed by atoms with E-state index in [9.17, 15) is 9.59 Å². The second-order valence-corrected chi connectivity index (χ2v) is 3.05. The molecule has 3 heteroatoms. The molecule has 0 aliphatic carbocycles. The topological polar surface area (TPSA) is 43.4 Å². The Morgan fingerprint density at radius 2 is 1.80 bits per heavy atom. The van der Waals surface area contributed by atoms with Gasteiger partial charge in [0.25, 0.3) is 0 Å². The summed E-state index contributed by atoms with van der Waals surface area (Å²) in [6.07, 6.45) is 1.19. The van der Waals surface area contributed by atoms with E-state index in [0.717, 1.165) is 0 Å². The molecule has 0 spiro atoms. The number of hydrogen-bond donors (Lipinski definition) is 0. The van der Waals surface area contributed by atoms with E-state index in [-0.39, 0.29) is 5.78 Å². The van der Waals surface area contributed by atoms with Crippen LogP contribution in [0.1, 0.15) is 17.3 Å². The number of allylic oxidation sites excluding steroid dienone is 1. The molecule has 3 nitrogen and oxygen atoms in total. The summed E-state index contributed by atoms with van der Waals surface area (Å²) in [5.74, 6) is -0.683. The molecule has 78 valence electrons. The van der Waals surface area contributed by atoms with Crippen LogP contribution in [0.3, 0.4) is 0 Å². The standard InChI is InChI=1S/C12H12O3/c1-9(8-11(13)15-2)12(14)10-6-4-3-5-7-10/h3-8H,1-2H3. The molecule has 0 radical (unpaired) electrons. The number of Topliss-reactive ketones (excluding diaryl/α,β-unsaturated/α-hetero) is 1. The summed E-state index contributed by atoms with van der Waals surface area (Å²) in [7, 11) is 1.28. The van der Waals surface area contributed by atoms with Crippen LogP contribution in [-0.4, -0.2) is 18.9 Å². The molecule has 0 amide bonds. The van der Waals surface area contributed by atoms with E-state index in [4.69, 9.17) is 0 Å². The molecule has 1 rings (SSSR count). The fourth-order valence-electron chi connectivity index (χ4n) is 1.12. The van der Waals surface area contributed by atoms with E-state index in [1.807, 2.05) is 6.07 Å². The molecule has 0 N–H and O–H groups in total. The molecule has 0 heterocycles. The Hall–Kier alpha value is -1.90. The Bertz CT molecular complexity index is 391. The molecule has 0 aromatic heterocycles. The Kier molecular flexibility index (Phi) is 3.80. The smallest absolute Gasteiger partial charge is 0.330 e. The molecule has 15 heavy (non-hydrogen) atoms. The monoisotopic (exact) mass is 204 g/mol. The lowest BCUT2D eigenvalue weighted by molar-refractivity contribution is -0.134. The Morgan fingerprint density at radius 3 is 2.33 bits per heavy atom. The molecule has 0 aliphatic heterocycles. The summed E-state index contributed by atoms with van der Waals surface area (Å²) < 4.78 is 4.44. The van der Waals surface area contributed by atoms with Gasteiger partial charge < -0.3 is 4.74 Å². The molecular weight excluding hydrogens is 192 g/mol. The van der Waals surface area contributed by atoms with Gasteiger partial charge in [0.05, 0.1) is 7.11 Å². The third-order valence-corrected chi connectivity index (χ3v) is 1.93. The van der Waals surface area contributed by atoms with Crippen LogP contribution in [0.25, 0.3) is 0 Å². The third-order valence-electron chi connectivity index (χ3n) is 1.93. The number of ether oxygens (including phenoxy) is 1. The van der Waals surface area contributed by atoms with Crippen LogP contribution < -0.4 is 0 Å². The van der Waals surface area contributed by atoms with E-state index in [1.54, 1.807) is 31.2 Å². The first-order valence-corrected chi connectivity index (χ1v) is 4.51. The molecule has 1 aromatic rings. The molecule has 0 fully saturated rings. The number of ketones is 1. The van der Waals surface area contributed by atoms with Gasteiger partial charge in [0.15, 0.2) is 5.78 Å². The minimum absolute atomic E-state index is 0.166. The molecule has 0 saturated heterocycles. The van der Waals surface area contributed by atoms with E-state index < -0.39 is 5.97 Å². The number of carbonyl (C=O) groups is 2. The van der Waals surface area contributed by atoms with Crippen molar-refractivity contribution in [3.8, 4) is 0 Å². The maximum Gasteiger partial charge on any atom is 0.330 e. The SMILES string of the molecule is COC(=O)C=C(C)C(=O)c1ccccc1. The van der Waals surface area contributed by atoms with Gasteiger partial charge in [-0.15, -0.1) is 0 Å². The van der Waals surface area contributed by atoms with Crippen molar-refractivity contribution in [1.82, 2.24) is 0 Å². The second kappa shape index (κ2) is 5.10. The fourth-order valence-corrected chi connectivity index (χ4v) is 1.12. The highest BCUT2D eigenvalue weighted by atomic mass is 16.5. The Labute approximate surface area is 88.4 Å². The van der Waals surface area contributed by atoms with E-state index in [1.165, 1.54) is 13.2 Å². The summed E-state index contributed by atoms with van der Waals surface area (Å²) in [5.41, 5.74) is 0.934. The quantitative estimate of drug-likeness (QED) is 0.429. The molecule has 0 bridgehead atoms. The van der Waals surface area contributed by atoms with Crippen molar-refractivity contribution in [2.45, 2.75) is 6.92 Å². The van der Waals surface area contributed by atoms with Gasteiger partial charge in [-0.3, -0.25) is 4.79 Å². The van der Waals surface area contributed by atoms with Gasteiger partial charge in [0.1, 0.15) is 0 Å². The predicted octanol–water partition coefficient (Wildman–Crippen LogP) is 1.99. The molecule has 0 unspecified atom stereocenters. The van der Waals surface area contributed by atoms with E-state index in [0.29, 0.717) is 11.1 Å². The molecule has 0 aliphatic rings. The van der Waals surface area contributed by atoms with Crippen LogP contribution in [0, 0.1) is 0 Å². The van der Waals surface area contributed by atoms with Gasteiger partial charge >= 0.3 is 5.97 Å². The Morgan fingerprint density at radius 1 is 1.20 bits per heavy atom. The lowest BCUT2D eigenvalue weighted by Gasteiger charge is -2.00. The van der Waals surface area contributed by atoms with Crippen LogP contribution in [0.4, 0.5) is 0 Å². The summed E-state index contributed by atoms with van der Waals surface area (Å²) in [4.78, 5) is 22.6. The van der Waals surface area contributed by atoms with E-state index in [2.05, 4.69) is 4.74 Å². The van der Waals surface area contributed by atoms with Crippen LogP contribution in [0.5, 0.6) is 0 Å². The average molecular weight is 204 g/mol. The number of methoxy groups -OCH3 is 1. The summed E-state index contributed by atoms with van der Waals surface area (Å²) >= 11 is 0. The van der Waals surface area contributed by atoms with Crippen molar-refractivity contribution in [2.75, 3.05) is 7.11 Å². The maximum atomic E-state index is 11.7. The van der Waals surface area contributed by atoms with E-state index >= 15 is 0 Å². The zero-order valence-corrected chi connectivity index (χ0v) is 8.69. The zero-order chi connectivity index (χ0) is 11.3. The number of rotatable bonds is 3. The summed E-state index contributed by atoms with van der Waals surface area (Å²) in [6, 6.07) is 8.79. The summed E-state index contributed by atoms with van der Waals surface area (Å²) in [6.45, 7) is 1.59. The van der Waals surface area contributed by atoms with Crippen LogP contribution in [0.2, 0.25) is 0 Å². The van der Waals surface area contributed by atoms with Gasteiger partial charge in [-0.2, -0.15) is 0 Å². The highest BCUT2D eigenvalue weighted by Gasteiger charge is 2.08. The number of carbonyl (C=O) groups excluding carboxylic acids is 2. The normalized spacial score (nSPS) is 10.9. The van der Waals surface area contributed by atoms with Crippen molar-refractivity contribution < 1.29 is 14.3 Å². The zero-order valence-electron chi connectivity index (χ0n) is 8.69. The predicted molar refractivity (Wildman–Crippen MR) is 56.5 cm³/mol. The summed E-state index contributed by atoms with van der Waals surface area (Å²) in [5, 5.41) is 0. The van der Waals surface area contributed by atoms with Crippen molar-refractivity contribution >= 4 is 11.8 Å². The highest BCUT2D eigenvalue weighted by Crippen LogP contribution is 2.07. The van der Waals surface area contributed by atoms with Crippen molar-refractivity contribution in [3.63, 3.8) is 0 Å². The third kappa shape index (κ3) is 3.06. The minimum Gasteiger partial charge on any atom is -0.466 e. The first kappa shape index (κ1) is 11.2. The van der Waals surface area contributed by atoms with Crippen LogP contribution in [0.15, 0.2) is 42.0 Å². The van der Waals surface area contributed by atoms with Gasteiger partial charge in [-0.1, -0.05) is 30.3 Å². The first-order valence-electron chi connectivity index (χ1n) is 4.51. The number of esters is 1. The van der Waals surface area contributed by atoms with Gasteiger partial charge in [0, 0.05) is 17.2 Å². The molecule has 0 saturated carbocycles. The molecule has 0 atom stereocenters. The largest absolute Gasteiger partial charge is 0.466 e. The molecular formula is C12H12O3. The van der Waals surface area contributed by atoms with Crippen molar-refractivity contribution in [3.05, 3.63) is 47.5 Å². The average Bonchev–Trinajstić information content (AvgIpc) is 2.29. The van der Waals surface area contributed by atoms with Crippen LogP contribution in [-0.2, 0) is 9.53 Å². The molecule has 1 aromatic carbocycles. The fraction of sp³-hybridized carbons (Fsp3) is 0.167. The second-order valence-electron chi connectivity index (χ2n) is 3.05. The van der Waals surface area contributed by atoms with Gasteiger partial charge in [-0.05, 0) is 6.92 Å². The highest BCUT2D eigenvalue weighted by molar-refractivity contribution is 6.10. The van der Waals surface area contributed by atoms with Crippen LogP contribution >= 0.6 is 0 Å². The van der Waals surface area contributed by atoms with Crippen molar-refractivity contribution in [1.29, 1.82) is 0 Å². The van der Waals surface area contributed by atoms with Gasteiger partial charge in [-0.25, -0.2) is 4.79 Å². The number of hydrogen-bond acceptors (Lipinski definition) is 3. The van der Waals surface area contributed by atoms with Gasteiger partial charge in [0.2, 0.25) is 0 Å². The number of benzene rings is 1. The first-order chi connectivity index (χ1) is 7.15.